The number of aliphatic hydroxyl groups excluding tert-OH is 1. The zero-order valence-electron chi connectivity index (χ0n) is 15.5. The van der Waals surface area contributed by atoms with Gasteiger partial charge in [0.15, 0.2) is 15.8 Å². The van der Waals surface area contributed by atoms with Crippen molar-refractivity contribution < 1.29 is 13.5 Å². The molecule has 2 N–H and O–H groups in total. The Morgan fingerprint density at radius 1 is 1.42 bits per heavy atom. The number of hydrogen-bond acceptors (Lipinski definition) is 4. The predicted molar refractivity (Wildman–Crippen MR) is 97.9 cm³/mol. The van der Waals surface area contributed by atoms with Crippen molar-refractivity contribution in [2.24, 2.45) is 16.3 Å². The molecule has 2 heterocycles. The van der Waals surface area contributed by atoms with Gasteiger partial charge in [-0.2, -0.15) is 0 Å². The molecule has 0 aromatic heterocycles. The fourth-order valence-electron chi connectivity index (χ4n) is 3.32. The summed E-state index contributed by atoms with van der Waals surface area (Å²) in [6.45, 7) is 10.5. The molecule has 2 fully saturated rings. The van der Waals surface area contributed by atoms with E-state index >= 15 is 0 Å². The number of rotatable bonds is 4. The highest BCUT2D eigenvalue weighted by Gasteiger charge is 2.36. The molecule has 0 spiro atoms. The molecule has 0 radical (unpaired) electrons. The zero-order valence-corrected chi connectivity index (χ0v) is 16.3. The minimum Gasteiger partial charge on any atom is -0.392 e. The molecule has 3 atom stereocenters. The largest absolute Gasteiger partial charge is 0.392 e. The maximum Gasteiger partial charge on any atom is 0.194 e. The highest BCUT2D eigenvalue weighted by atomic mass is 32.2. The van der Waals surface area contributed by atoms with Crippen molar-refractivity contribution in [3.8, 4) is 0 Å². The minimum atomic E-state index is -2.86. The second-order valence-electron chi connectivity index (χ2n) is 8.10. The van der Waals surface area contributed by atoms with E-state index in [2.05, 4.69) is 37.9 Å². The Bertz CT molecular complexity index is 559. The van der Waals surface area contributed by atoms with Crippen molar-refractivity contribution in [1.82, 2.24) is 10.2 Å². The van der Waals surface area contributed by atoms with E-state index in [1.165, 1.54) is 0 Å². The molecule has 24 heavy (non-hydrogen) atoms. The summed E-state index contributed by atoms with van der Waals surface area (Å²) in [6.07, 6.45) is 2.15. The van der Waals surface area contributed by atoms with Gasteiger partial charge in [0.2, 0.25) is 0 Å². The van der Waals surface area contributed by atoms with Crippen LogP contribution in [0.5, 0.6) is 0 Å². The van der Waals surface area contributed by atoms with E-state index in [-0.39, 0.29) is 23.2 Å². The molecule has 2 saturated heterocycles. The number of piperidine rings is 1. The summed E-state index contributed by atoms with van der Waals surface area (Å²) in [4.78, 5) is 6.97. The molecule has 140 valence electrons. The standard InChI is InChI=1S/C17H33N3O3S/c1-5-13(2)19-16(18-10-14-7-9-24(22,23)11-14)20-8-6-15(21)17(3,4)12-20/h13-15,21H,5-12H2,1-4H3,(H,18,19). The fraction of sp³-hybridized carbons (Fsp3) is 0.941. The molecule has 7 heteroatoms. The maximum absolute atomic E-state index is 11.6. The summed E-state index contributed by atoms with van der Waals surface area (Å²) < 4.78 is 23.3. The van der Waals surface area contributed by atoms with Crippen LogP contribution in [0.3, 0.4) is 0 Å². The van der Waals surface area contributed by atoms with Gasteiger partial charge in [-0.25, -0.2) is 8.42 Å². The van der Waals surface area contributed by atoms with Crippen molar-refractivity contribution in [1.29, 1.82) is 0 Å². The van der Waals surface area contributed by atoms with Crippen molar-refractivity contribution in [3.05, 3.63) is 0 Å². The number of aliphatic imine (C=N–C) groups is 1. The van der Waals surface area contributed by atoms with E-state index in [4.69, 9.17) is 4.99 Å². The highest BCUT2D eigenvalue weighted by Crippen LogP contribution is 2.29. The van der Waals surface area contributed by atoms with E-state index in [9.17, 15) is 13.5 Å². The molecule has 0 aliphatic carbocycles. The second-order valence-corrected chi connectivity index (χ2v) is 10.3. The van der Waals surface area contributed by atoms with E-state index in [0.29, 0.717) is 24.8 Å². The van der Waals surface area contributed by atoms with Gasteiger partial charge in [0.1, 0.15) is 0 Å². The number of likely N-dealkylation sites (tertiary alicyclic amines) is 1. The average molecular weight is 360 g/mol. The Morgan fingerprint density at radius 3 is 2.67 bits per heavy atom. The lowest BCUT2D eigenvalue weighted by Crippen LogP contribution is -2.55. The summed E-state index contributed by atoms with van der Waals surface area (Å²) in [7, 11) is -2.86. The van der Waals surface area contributed by atoms with Crippen LogP contribution in [0, 0.1) is 11.3 Å². The number of hydrogen-bond donors (Lipinski definition) is 2. The minimum absolute atomic E-state index is 0.132. The molecule has 2 aliphatic rings. The molecule has 0 aromatic carbocycles. The Labute approximate surface area is 146 Å². The van der Waals surface area contributed by atoms with Crippen LogP contribution in [0.1, 0.15) is 47.0 Å². The topological polar surface area (TPSA) is 82.0 Å². The number of nitrogens with one attached hydrogen (secondary N) is 1. The van der Waals surface area contributed by atoms with Gasteiger partial charge in [-0.15, -0.1) is 0 Å². The number of sulfone groups is 1. The third-order valence-electron chi connectivity index (χ3n) is 5.29. The van der Waals surface area contributed by atoms with Crippen LogP contribution in [0.15, 0.2) is 4.99 Å². The predicted octanol–water partition coefficient (Wildman–Crippen LogP) is 1.26. The lowest BCUT2D eigenvalue weighted by molar-refractivity contribution is -0.00519. The second kappa shape index (κ2) is 7.60. The zero-order chi connectivity index (χ0) is 18.0. The van der Waals surface area contributed by atoms with E-state index in [0.717, 1.165) is 31.9 Å². The van der Waals surface area contributed by atoms with Gasteiger partial charge in [-0.1, -0.05) is 20.8 Å². The first-order chi connectivity index (χ1) is 11.1. The van der Waals surface area contributed by atoms with Gasteiger partial charge < -0.3 is 15.3 Å². The molecular weight excluding hydrogens is 326 g/mol. The summed E-state index contributed by atoms with van der Waals surface area (Å²) in [6, 6.07) is 0.311. The van der Waals surface area contributed by atoms with Gasteiger partial charge in [0, 0.05) is 31.1 Å². The Kier molecular flexibility index (Phi) is 6.18. The third-order valence-corrected chi connectivity index (χ3v) is 7.12. The summed E-state index contributed by atoms with van der Waals surface area (Å²) >= 11 is 0. The van der Waals surface area contributed by atoms with Gasteiger partial charge in [-0.05, 0) is 32.1 Å². The molecule has 6 nitrogen and oxygen atoms in total. The van der Waals surface area contributed by atoms with Gasteiger partial charge in [-0.3, -0.25) is 4.99 Å². The monoisotopic (exact) mass is 359 g/mol. The first-order valence-corrected chi connectivity index (χ1v) is 10.9. The first-order valence-electron chi connectivity index (χ1n) is 9.07. The van der Waals surface area contributed by atoms with Crippen molar-refractivity contribution in [2.75, 3.05) is 31.1 Å². The van der Waals surface area contributed by atoms with Crippen molar-refractivity contribution in [2.45, 2.75) is 59.1 Å². The van der Waals surface area contributed by atoms with Crippen LogP contribution in [0.2, 0.25) is 0 Å². The molecule has 0 saturated carbocycles. The van der Waals surface area contributed by atoms with Gasteiger partial charge >= 0.3 is 0 Å². The van der Waals surface area contributed by atoms with E-state index in [1.807, 2.05) is 0 Å². The molecule has 0 amide bonds. The summed E-state index contributed by atoms with van der Waals surface area (Å²) in [5, 5.41) is 13.6. The van der Waals surface area contributed by atoms with Gasteiger partial charge in [0.05, 0.1) is 17.6 Å². The van der Waals surface area contributed by atoms with E-state index in [1.54, 1.807) is 0 Å². The average Bonchev–Trinajstić information content (AvgIpc) is 2.85. The molecular formula is C17H33N3O3S. The molecule has 0 bridgehead atoms. The lowest BCUT2D eigenvalue weighted by atomic mass is 9.81. The summed E-state index contributed by atoms with van der Waals surface area (Å²) in [5.74, 6) is 1.54. The summed E-state index contributed by atoms with van der Waals surface area (Å²) in [5.41, 5.74) is -0.174. The van der Waals surface area contributed by atoms with E-state index < -0.39 is 9.84 Å². The van der Waals surface area contributed by atoms with Crippen LogP contribution in [0.4, 0.5) is 0 Å². The lowest BCUT2D eigenvalue weighted by Gasteiger charge is -2.43. The molecule has 2 aliphatic heterocycles. The van der Waals surface area contributed by atoms with Crippen molar-refractivity contribution >= 4 is 15.8 Å². The van der Waals surface area contributed by atoms with Gasteiger partial charge in [0.25, 0.3) is 0 Å². The quantitative estimate of drug-likeness (QED) is 0.583. The number of nitrogens with zero attached hydrogens (tertiary/aromatic N) is 2. The fourth-order valence-corrected chi connectivity index (χ4v) is 5.17. The number of aliphatic hydroxyl groups is 1. The molecule has 2 rings (SSSR count). The van der Waals surface area contributed by atoms with Crippen LogP contribution in [-0.2, 0) is 9.84 Å². The van der Waals surface area contributed by atoms with Crippen LogP contribution >= 0.6 is 0 Å². The number of guanidine groups is 1. The third kappa shape index (κ3) is 5.09. The normalized spacial score (nSPS) is 31.0. The van der Waals surface area contributed by atoms with Crippen LogP contribution < -0.4 is 5.32 Å². The van der Waals surface area contributed by atoms with Crippen LogP contribution in [-0.4, -0.2) is 67.7 Å². The SMILES string of the molecule is CCC(C)NC(=NCC1CCS(=O)(=O)C1)N1CCC(O)C(C)(C)C1. The molecule has 3 unspecified atom stereocenters. The Balaban J connectivity index is 2.08. The van der Waals surface area contributed by atoms with Crippen molar-refractivity contribution in [3.63, 3.8) is 0 Å². The first kappa shape index (κ1) is 19.5. The van der Waals surface area contributed by atoms with Crippen LogP contribution in [0.25, 0.3) is 0 Å². The maximum atomic E-state index is 11.6. The molecule has 0 aromatic rings. The smallest absolute Gasteiger partial charge is 0.194 e. The Hall–Kier alpha value is -0.820. The highest BCUT2D eigenvalue weighted by molar-refractivity contribution is 7.91. The Morgan fingerprint density at radius 2 is 2.12 bits per heavy atom.